The Morgan fingerprint density at radius 1 is 1.47 bits per heavy atom. The molecule has 1 saturated carbocycles. The average molecular weight is 213 g/mol. The van der Waals surface area contributed by atoms with Crippen molar-refractivity contribution in [1.29, 1.82) is 0 Å². The van der Waals surface area contributed by atoms with Crippen LogP contribution in [0.4, 0.5) is 0 Å². The number of hydrogen-bond donors (Lipinski definition) is 2. The quantitative estimate of drug-likeness (QED) is 0.682. The molecule has 88 valence electrons. The maximum absolute atomic E-state index is 10.9. The first-order valence-electron chi connectivity index (χ1n) is 6.20. The van der Waals surface area contributed by atoms with Gasteiger partial charge >= 0.3 is 5.97 Å². The minimum Gasteiger partial charge on any atom is -0.480 e. The Labute approximate surface area is 92.3 Å². The van der Waals surface area contributed by atoms with Crippen molar-refractivity contribution < 1.29 is 9.90 Å². The summed E-state index contributed by atoms with van der Waals surface area (Å²) in [6.45, 7) is 2.89. The van der Waals surface area contributed by atoms with Gasteiger partial charge in [-0.3, -0.25) is 4.79 Å². The fraction of sp³-hybridized carbons (Fsp3) is 0.917. The van der Waals surface area contributed by atoms with Gasteiger partial charge in [0.25, 0.3) is 0 Å². The normalized spacial score (nSPS) is 19.3. The smallest absolute Gasteiger partial charge is 0.320 e. The van der Waals surface area contributed by atoms with E-state index in [0.717, 1.165) is 31.7 Å². The first kappa shape index (κ1) is 12.5. The van der Waals surface area contributed by atoms with Crippen LogP contribution in [0.2, 0.25) is 0 Å². The van der Waals surface area contributed by atoms with Crippen LogP contribution in [0.1, 0.15) is 51.9 Å². The molecule has 0 aromatic rings. The summed E-state index contributed by atoms with van der Waals surface area (Å²) in [5.74, 6) is 0.136. The molecule has 3 nitrogen and oxygen atoms in total. The number of nitrogens with one attached hydrogen (secondary N) is 1. The maximum atomic E-state index is 10.9. The maximum Gasteiger partial charge on any atom is 0.320 e. The topological polar surface area (TPSA) is 49.3 Å². The molecule has 1 aliphatic rings. The van der Waals surface area contributed by atoms with E-state index >= 15 is 0 Å². The van der Waals surface area contributed by atoms with Gasteiger partial charge in [0.05, 0.1) is 0 Å². The molecular formula is C12H23NO2. The molecule has 0 radical (unpaired) electrons. The molecule has 1 unspecified atom stereocenters. The third-order valence-electron chi connectivity index (χ3n) is 3.29. The van der Waals surface area contributed by atoms with Crippen LogP contribution in [0.25, 0.3) is 0 Å². The molecule has 0 saturated heterocycles. The fourth-order valence-corrected chi connectivity index (χ4v) is 2.36. The van der Waals surface area contributed by atoms with Crippen molar-refractivity contribution >= 4 is 5.97 Å². The lowest BCUT2D eigenvalue weighted by Crippen LogP contribution is -2.37. The van der Waals surface area contributed by atoms with Gasteiger partial charge in [0, 0.05) is 0 Å². The van der Waals surface area contributed by atoms with Crippen molar-refractivity contribution in [2.24, 2.45) is 5.92 Å². The van der Waals surface area contributed by atoms with Gasteiger partial charge in [0.1, 0.15) is 6.04 Å². The SMILES string of the molecule is CCCC(NCCC1CCCC1)C(=O)O. The van der Waals surface area contributed by atoms with Gasteiger partial charge in [-0.25, -0.2) is 0 Å². The number of rotatable bonds is 7. The molecule has 2 N–H and O–H groups in total. The molecule has 1 aliphatic carbocycles. The summed E-state index contributed by atoms with van der Waals surface area (Å²) >= 11 is 0. The number of aliphatic carboxylic acids is 1. The summed E-state index contributed by atoms with van der Waals surface area (Å²) in [6.07, 6.45) is 8.21. The molecule has 3 heteroatoms. The fourth-order valence-electron chi connectivity index (χ4n) is 2.36. The lowest BCUT2D eigenvalue weighted by molar-refractivity contribution is -0.139. The number of carboxylic acids is 1. The Hall–Kier alpha value is -0.570. The zero-order chi connectivity index (χ0) is 11.1. The van der Waals surface area contributed by atoms with Gasteiger partial charge in [0.15, 0.2) is 0 Å². The molecule has 0 heterocycles. The summed E-state index contributed by atoms with van der Waals surface area (Å²) in [7, 11) is 0. The zero-order valence-corrected chi connectivity index (χ0v) is 9.67. The molecule has 1 fully saturated rings. The number of carbonyl (C=O) groups is 1. The Morgan fingerprint density at radius 2 is 2.13 bits per heavy atom. The highest BCUT2D eigenvalue weighted by Gasteiger charge is 2.18. The van der Waals surface area contributed by atoms with E-state index in [0.29, 0.717) is 0 Å². The summed E-state index contributed by atoms with van der Waals surface area (Å²) in [4.78, 5) is 10.9. The van der Waals surface area contributed by atoms with Crippen LogP contribution in [-0.4, -0.2) is 23.7 Å². The summed E-state index contributed by atoms with van der Waals surface area (Å²) in [5.41, 5.74) is 0. The zero-order valence-electron chi connectivity index (χ0n) is 9.67. The van der Waals surface area contributed by atoms with Crippen molar-refractivity contribution in [2.45, 2.75) is 57.9 Å². The second kappa shape index (κ2) is 6.83. The second-order valence-electron chi connectivity index (χ2n) is 4.57. The van der Waals surface area contributed by atoms with E-state index in [-0.39, 0.29) is 6.04 Å². The predicted molar refractivity (Wildman–Crippen MR) is 60.9 cm³/mol. The molecule has 0 bridgehead atoms. The highest BCUT2D eigenvalue weighted by molar-refractivity contribution is 5.73. The Balaban J connectivity index is 2.12. The first-order chi connectivity index (χ1) is 7.24. The standard InChI is InChI=1S/C12H23NO2/c1-2-5-11(12(14)15)13-9-8-10-6-3-4-7-10/h10-11,13H,2-9H2,1H3,(H,14,15). The summed E-state index contributed by atoms with van der Waals surface area (Å²) < 4.78 is 0. The lowest BCUT2D eigenvalue weighted by Gasteiger charge is -2.15. The van der Waals surface area contributed by atoms with E-state index in [4.69, 9.17) is 5.11 Å². The van der Waals surface area contributed by atoms with Gasteiger partial charge in [-0.05, 0) is 25.3 Å². The van der Waals surface area contributed by atoms with Crippen molar-refractivity contribution in [3.8, 4) is 0 Å². The van der Waals surface area contributed by atoms with E-state index in [9.17, 15) is 4.79 Å². The average Bonchev–Trinajstić information content (AvgIpc) is 2.69. The van der Waals surface area contributed by atoms with E-state index in [1.54, 1.807) is 0 Å². The molecule has 0 aromatic heterocycles. The van der Waals surface area contributed by atoms with Crippen molar-refractivity contribution in [2.75, 3.05) is 6.54 Å². The van der Waals surface area contributed by atoms with Gasteiger partial charge in [-0.1, -0.05) is 39.0 Å². The monoisotopic (exact) mass is 213 g/mol. The van der Waals surface area contributed by atoms with Gasteiger partial charge in [0.2, 0.25) is 0 Å². The van der Waals surface area contributed by atoms with Crippen molar-refractivity contribution in [3.05, 3.63) is 0 Å². The lowest BCUT2D eigenvalue weighted by atomic mass is 10.0. The predicted octanol–water partition coefficient (Wildman–Crippen LogP) is 2.41. The van der Waals surface area contributed by atoms with Crippen LogP contribution in [-0.2, 0) is 4.79 Å². The van der Waals surface area contributed by atoms with Gasteiger partial charge in [-0.2, -0.15) is 0 Å². The molecule has 0 spiro atoms. The third-order valence-corrected chi connectivity index (χ3v) is 3.29. The van der Waals surface area contributed by atoms with Crippen molar-refractivity contribution in [1.82, 2.24) is 5.32 Å². The molecule has 0 aromatic carbocycles. The summed E-state index contributed by atoms with van der Waals surface area (Å²) in [6, 6.07) is -0.337. The van der Waals surface area contributed by atoms with Crippen LogP contribution in [0.5, 0.6) is 0 Å². The molecule has 15 heavy (non-hydrogen) atoms. The van der Waals surface area contributed by atoms with Crippen LogP contribution in [0, 0.1) is 5.92 Å². The van der Waals surface area contributed by atoms with Gasteiger partial charge < -0.3 is 10.4 Å². The number of hydrogen-bond acceptors (Lipinski definition) is 2. The highest BCUT2D eigenvalue weighted by Crippen LogP contribution is 2.26. The number of carboxylic acid groups (broad SMARTS) is 1. The van der Waals surface area contributed by atoms with E-state index in [1.165, 1.54) is 25.7 Å². The van der Waals surface area contributed by atoms with Crippen molar-refractivity contribution in [3.63, 3.8) is 0 Å². The third kappa shape index (κ3) is 4.65. The molecule has 1 rings (SSSR count). The summed E-state index contributed by atoms with van der Waals surface area (Å²) in [5, 5.41) is 12.1. The molecule has 0 amide bonds. The first-order valence-corrected chi connectivity index (χ1v) is 6.20. The Kier molecular flexibility index (Phi) is 5.69. The Morgan fingerprint density at radius 3 is 2.67 bits per heavy atom. The van der Waals surface area contributed by atoms with E-state index in [2.05, 4.69) is 5.32 Å². The van der Waals surface area contributed by atoms with Crippen LogP contribution < -0.4 is 5.32 Å². The van der Waals surface area contributed by atoms with Gasteiger partial charge in [-0.15, -0.1) is 0 Å². The van der Waals surface area contributed by atoms with Crippen LogP contribution in [0.3, 0.4) is 0 Å². The van der Waals surface area contributed by atoms with Crippen LogP contribution >= 0.6 is 0 Å². The highest BCUT2D eigenvalue weighted by atomic mass is 16.4. The largest absolute Gasteiger partial charge is 0.480 e. The molecule has 1 atom stereocenters. The van der Waals surface area contributed by atoms with Crippen LogP contribution in [0.15, 0.2) is 0 Å². The Bertz CT molecular complexity index is 188. The minimum absolute atomic E-state index is 0.337. The molecular weight excluding hydrogens is 190 g/mol. The second-order valence-corrected chi connectivity index (χ2v) is 4.57. The minimum atomic E-state index is -0.705. The van der Waals surface area contributed by atoms with E-state index in [1.807, 2.05) is 6.92 Å². The van der Waals surface area contributed by atoms with E-state index < -0.39 is 5.97 Å². The molecule has 0 aliphatic heterocycles.